The molecule has 5 aliphatic rings. The number of piperazine rings is 1. The SMILES string of the molecule is C=C1CCC(N2Cc3cc(N4CCN(C5CC(CCCOc6ccc([C@@H]7c8ccc(O)cc8CC[C@@H]7c7ccccc7)cc6)C5)CC4)ccc3C2=O)C(=O)N1. The Hall–Kier alpha value is -5.08. The van der Waals surface area contributed by atoms with Crippen LogP contribution in [0.1, 0.15) is 95.0 Å². The number of hydrogen-bond donors (Lipinski definition) is 2. The maximum Gasteiger partial charge on any atom is 0.255 e. The Bertz CT molecular complexity index is 2050. The summed E-state index contributed by atoms with van der Waals surface area (Å²) in [5, 5.41) is 13.0. The highest BCUT2D eigenvalue weighted by Crippen LogP contribution is 2.47. The number of nitrogens with one attached hydrogen (secondary N) is 1. The monoisotopic (exact) mass is 736 g/mol. The van der Waals surface area contributed by atoms with Gasteiger partial charge >= 0.3 is 0 Å². The van der Waals surface area contributed by atoms with Crippen LogP contribution in [-0.4, -0.2) is 71.6 Å². The van der Waals surface area contributed by atoms with Crippen molar-refractivity contribution in [1.82, 2.24) is 15.1 Å². The molecule has 284 valence electrons. The third kappa shape index (κ3) is 7.25. The topological polar surface area (TPSA) is 85.4 Å². The molecule has 3 heterocycles. The number of benzene rings is 4. The molecule has 55 heavy (non-hydrogen) atoms. The number of phenolic OH excluding ortho intramolecular Hbond substituents is 1. The van der Waals surface area contributed by atoms with Gasteiger partial charge in [-0.05, 0) is 133 Å². The van der Waals surface area contributed by atoms with E-state index in [1.54, 1.807) is 4.90 Å². The Morgan fingerprint density at radius 2 is 1.62 bits per heavy atom. The van der Waals surface area contributed by atoms with Crippen LogP contribution < -0.4 is 15.0 Å². The second-order valence-corrected chi connectivity index (χ2v) is 16.4. The summed E-state index contributed by atoms with van der Waals surface area (Å²) in [4.78, 5) is 32.6. The number of amides is 2. The lowest BCUT2D eigenvalue weighted by Crippen LogP contribution is -2.54. The third-order valence-electron chi connectivity index (χ3n) is 13.1. The number of carbonyl (C=O) groups is 2. The highest BCUT2D eigenvalue weighted by atomic mass is 16.5. The number of allylic oxidation sites excluding steroid dienone is 1. The normalized spacial score (nSPS) is 25.2. The first-order chi connectivity index (χ1) is 26.9. The van der Waals surface area contributed by atoms with Crippen LogP contribution >= 0.6 is 0 Å². The Labute approximate surface area is 324 Å². The second kappa shape index (κ2) is 15.2. The molecule has 0 bridgehead atoms. The van der Waals surface area contributed by atoms with E-state index in [0.29, 0.717) is 37.1 Å². The van der Waals surface area contributed by atoms with Crippen LogP contribution in [-0.2, 0) is 17.8 Å². The van der Waals surface area contributed by atoms with Crippen molar-refractivity contribution in [2.75, 3.05) is 37.7 Å². The van der Waals surface area contributed by atoms with Gasteiger partial charge in [-0.2, -0.15) is 0 Å². The number of aromatic hydroxyl groups is 1. The molecule has 3 atom stereocenters. The minimum atomic E-state index is -0.424. The van der Waals surface area contributed by atoms with E-state index in [4.69, 9.17) is 4.74 Å². The zero-order valence-corrected chi connectivity index (χ0v) is 31.7. The van der Waals surface area contributed by atoms with E-state index in [9.17, 15) is 14.7 Å². The van der Waals surface area contributed by atoms with E-state index in [0.717, 1.165) is 80.5 Å². The van der Waals surface area contributed by atoms with Crippen molar-refractivity contribution in [1.29, 1.82) is 0 Å². The number of phenols is 1. The smallest absolute Gasteiger partial charge is 0.255 e. The zero-order chi connectivity index (χ0) is 37.5. The van der Waals surface area contributed by atoms with Crippen LogP contribution in [0.3, 0.4) is 0 Å². The van der Waals surface area contributed by atoms with Gasteiger partial charge in [0.15, 0.2) is 0 Å². The Morgan fingerprint density at radius 3 is 2.40 bits per heavy atom. The summed E-state index contributed by atoms with van der Waals surface area (Å²) < 4.78 is 6.25. The molecule has 4 aromatic carbocycles. The van der Waals surface area contributed by atoms with Gasteiger partial charge in [0.2, 0.25) is 5.91 Å². The standard InChI is InChI=1S/C47H52N4O4/c1-31-9-20-44(46(53)48-31)51-30-36-28-37(13-18-43(36)47(51)54)49-21-23-50(24-22-49)38-26-32(27-38)6-5-25-55-40-15-10-34(11-16-40)45-41(33-7-3-2-4-8-33)17-12-35-29-39(52)14-19-42(35)45/h2-4,7-8,10-11,13-16,18-19,28-29,32,38,41,44-45,52H,1,5-6,9,12,17,20-27,30H2,(H,48,53)/t32?,38?,41-,44?,45+/m1/s1. The van der Waals surface area contributed by atoms with Crippen molar-refractivity contribution >= 4 is 17.5 Å². The summed E-state index contributed by atoms with van der Waals surface area (Å²) in [5.41, 5.74) is 8.89. The largest absolute Gasteiger partial charge is 0.508 e. The van der Waals surface area contributed by atoms with Gasteiger partial charge in [0.1, 0.15) is 17.5 Å². The minimum absolute atomic E-state index is 0.0403. The molecule has 2 aliphatic carbocycles. The number of rotatable bonds is 10. The van der Waals surface area contributed by atoms with E-state index in [-0.39, 0.29) is 17.7 Å². The number of hydrogen-bond acceptors (Lipinski definition) is 6. The molecular formula is C47H52N4O4. The molecule has 0 radical (unpaired) electrons. The molecule has 3 fully saturated rings. The van der Waals surface area contributed by atoms with E-state index < -0.39 is 6.04 Å². The third-order valence-corrected chi connectivity index (χ3v) is 13.1. The number of carbonyl (C=O) groups excluding carboxylic acids is 2. The molecule has 1 unspecified atom stereocenters. The second-order valence-electron chi connectivity index (χ2n) is 16.4. The zero-order valence-electron chi connectivity index (χ0n) is 31.7. The fourth-order valence-electron chi connectivity index (χ4n) is 10.0. The van der Waals surface area contributed by atoms with Gasteiger partial charge in [-0.3, -0.25) is 14.5 Å². The predicted octanol–water partition coefficient (Wildman–Crippen LogP) is 7.76. The van der Waals surface area contributed by atoms with E-state index in [1.807, 2.05) is 18.2 Å². The predicted molar refractivity (Wildman–Crippen MR) is 216 cm³/mol. The first-order valence-corrected chi connectivity index (χ1v) is 20.4. The summed E-state index contributed by atoms with van der Waals surface area (Å²) in [6.07, 6.45) is 8.20. The number of ether oxygens (including phenoxy) is 1. The summed E-state index contributed by atoms with van der Waals surface area (Å²) in [5.74, 6) is 2.53. The minimum Gasteiger partial charge on any atom is -0.508 e. The van der Waals surface area contributed by atoms with Gasteiger partial charge in [-0.1, -0.05) is 55.1 Å². The molecule has 2 amide bonds. The number of fused-ring (bicyclic) bond motifs is 2. The Balaban J connectivity index is 0.718. The Morgan fingerprint density at radius 1 is 0.818 bits per heavy atom. The van der Waals surface area contributed by atoms with E-state index in [2.05, 4.69) is 94.5 Å². The van der Waals surface area contributed by atoms with Gasteiger partial charge < -0.3 is 25.0 Å². The number of anilines is 1. The van der Waals surface area contributed by atoms with Crippen LogP contribution in [0, 0.1) is 5.92 Å². The molecule has 3 aliphatic heterocycles. The average Bonchev–Trinajstić information content (AvgIpc) is 3.52. The molecule has 0 spiro atoms. The maximum absolute atomic E-state index is 13.2. The number of aryl methyl sites for hydroxylation is 1. The van der Waals surface area contributed by atoms with E-state index >= 15 is 0 Å². The highest BCUT2D eigenvalue weighted by Gasteiger charge is 2.39. The number of nitrogens with zero attached hydrogens (tertiary/aromatic N) is 3. The van der Waals surface area contributed by atoms with Gasteiger partial charge in [-0.25, -0.2) is 0 Å². The first-order valence-electron chi connectivity index (χ1n) is 20.4. The summed E-state index contributed by atoms with van der Waals surface area (Å²) in [7, 11) is 0. The van der Waals surface area contributed by atoms with Crippen molar-refractivity contribution in [3.8, 4) is 11.5 Å². The molecule has 1 saturated carbocycles. The molecule has 9 rings (SSSR count). The molecule has 8 heteroatoms. The molecule has 8 nitrogen and oxygen atoms in total. The average molecular weight is 737 g/mol. The van der Waals surface area contributed by atoms with Crippen LogP contribution in [0.4, 0.5) is 5.69 Å². The quantitative estimate of drug-likeness (QED) is 0.162. The van der Waals surface area contributed by atoms with Crippen molar-refractivity contribution in [3.05, 3.63) is 137 Å². The summed E-state index contributed by atoms with van der Waals surface area (Å²) in [6.45, 7) is 9.20. The van der Waals surface area contributed by atoms with Gasteiger partial charge in [0.05, 0.1) is 6.61 Å². The lowest BCUT2D eigenvalue weighted by molar-refractivity contribution is -0.126. The van der Waals surface area contributed by atoms with Crippen molar-refractivity contribution in [2.45, 2.75) is 81.8 Å². The fraction of sp³-hybridized carbons (Fsp3) is 0.404. The van der Waals surface area contributed by atoms with Crippen LogP contribution in [0.2, 0.25) is 0 Å². The molecule has 4 aromatic rings. The van der Waals surface area contributed by atoms with Crippen LogP contribution in [0.15, 0.2) is 103 Å². The molecule has 2 saturated heterocycles. The molecule has 0 aromatic heterocycles. The van der Waals surface area contributed by atoms with Crippen LogP contribution in [0.5, 0.6) is 11.5 Å². The maximum atomic E-state index is 13.2. The molecule has 2 N–H and O–H groups in total. The first kappa shape index (κ1) is 35.6. The van der Waals surface area contributed by atoms with Crippen molar-refractivity contribution in [2.24, 2.45) is 5.92 Å². The van der Waals surface area contributed by atoms with Crippen LogP contribution in [0.25, 0.3) is 0 Å². The summed E-state index contributed by atoms with van der Waals surface area (Å²) >= 11 is 0. The highest BCUT2D eigenvalue weighted by molar-refractivity contribution is 6.01. The summed E-state index contributed by atoms with van der Waals surface area (Å²) in [6, 6.07) is 32.0. The van der Waals surface area contributed by atoms with Crippen molar-refractivity contribution in [3.63, 3.8) is 0 Å². The Kier molecular flexibility index (Phi) is 9.85. The fourth-order valence-corrected chi connectivity index (χ4v) is 10.0. The lowest BCUT2D eigenvalue weighted by Gasteiger charge is -2.47. The van der Waals surface area contributed by atoms with Gasteiger partial charge in [-0.15, -0.1) is 0 Å². The number of piperidine rings is 1. The lowest BCUT2D eigenvalue weighted by atomic mass is 9.69. The van der Waals surface area contributed by atoms with Gasteiger partial charge in [0, 0.05) is 61.6 Å². The van der Waals surface area contributed by atoms with Crippen molar-refractivity contribution < 1.29 is 19.4 Å². The van der Waals surface area contributed by atoms with Gasteiger partial charge in [0.25, 0.3) is 5.91 Å². The molecular weight excluding hydrogens is 685 g/mol. The van der Waals surface area contributed by atoms with E-state index in [1.165, 1.54) is 47.2 Å².